The number of benzene rings is 1. The molecule has 21 heavy (non-hydrogen) atoms. The van der Waals surface area contributed by atoms with E-state index in [9.17, 15) is 9.59 Å². The maximum absolute atomic E-state index is 12.3. The van der Waals surface area contributed by atoms with Gasteiger partial charge in [0.1, 0.15) is 5.69 Å². The average molecular weight is 350 g/mol. The van der Waals surface area contributed by atoms with Crippen molar-refractivity contribution >= 4 is 33.4 Å². The van der Waals surface area contributed by atoms with Gasteiger partial charge in [0.05, 0.1) is 0 Å². The first-order valence-corrected chi connectivity index (χ1v) is 7.18. The van der Waals surface area contributed by atoms with E-state index in [1.54, 1.807) is 49.9 Å². The van der Waals surface area contributed by atoms with Crippen LogP contribution in [-0.4, -0.2) is 23.4 Å². The fraction of sp³-hybridized carbons (Fsp3) is 0.200. The van der Waals surface area contributed by atoms with Crippen molar-refractivity contribution in [1.82, 2.24) is 9.88 Å². The predicted molar refractivity (Wildman–Crippen MR) is 85.6 cm³/mol. The van der Waals surface area contributed by atoms with Crippen LogP contribution in [0.5, 0.6) is 0 Å². The number of aryl methyl sites for hydroxylation is 1. The molecule has 0 unspecified atom stereocenters. The molecule has 0 saturated carbocycles. The van der Waals surface area contributed by atoms with Crippen LogP contribution in [-0.2, 0) is 7.05 Å². The van der Waals surface area contributed by atoms with E-state index in [-0.39, 0.29) is 11.8 Å². The number of nitrogens with zero attached hydrogens (tertiary/aromatic N) is 1. The highest BCUT2D eigenvalue weighted by Crippen LogP contribution is 2.21. The summed E-state index contributed by atoms with van der Waals surface area (Å²) in [5, 5.41) is 5.42. The maximum Gasteiger partial charge on any atom is 0.272 e. The fourth-order valence-corrected chi connectivity index (χ4v) is 2.61. The molecule has 5 nitrogen and oxygen atoms in total. The van der Waals surface area contributed by atoms with Gasteiger partial charge in [-0.2, -0.15) is 0 Å². The Morgan fingerprint density at radius 3 is 2.52 bits per heavy atom. The van der Waals surface area contributed by atoms with Gasteiger partial charge in [0.15, 0.2) is 0 Å². The normalized spacial score (nSPS) is 10.3. The molecule has 0 atom stereocenters. The lowest BCUT2D eigenvalue weighted by Crippen LogP contribution is -2.21. The number of rotatable bonds is 3. The minimum atomic E-state index is -0.222. The molecular weight excluding hydrogens is 334 g/mol. The molecule has 0 saturated heterocycles. The summed E-state index contributed by atoms with van der Waals surface area (Å²) in [6.45, 7) is 1.81. The summed E-state index contributed by atoms with van der Waals surface area (Å²) in [6, 6.07) is 6.99. The Hall–Kier alpha value is -2.08. The van der Waals surface area contributed by atoms with Crippen molar-refractivity contribution in [2.75, 3.05) is 12.4 Å². The third kappa shape index (κ3) is 3.16. The summed E-state index contributed by atoms with van der Waals surface area (Å²) in [4.78, 5) is 24.1. The number of nitrogens with one attached hydrogen (secondary N) is 2. The second-order valence-electron chi connectivity index (χ2n) is 4.67. The Kier molecular flexibility index (Phi) is 4.47. The Balaban J connectivity index is 2.30. The smallest absolute Gasteiger partial charge is 0.272 e. The molecule has 2 rings (SSSR count). The number of halogens is 1. The van der Waals surface area contributed by atoms with Gasteiger partial charge in [-0.1, -0.05) is 6.07 Å². The highest BCUT2D eigenvalue weighted by molar-refractivity contribution is 9.10. The first-order valence-electron chi connectivity index (χ1n) is 6.39. The van der Waals surface area contributed by atoms with Crippen LogP contribution in [0.2, 0.25) is 0 Å². The molecule has 0 spiro atoms. The summed E-state index contributed by atoms with van der Waals surface area (Å²) < 4.78 is 2.57. The van der Waals surface area contributed by atoms with E-state index >= 15 is 0 Å². The predicted octanol–water partition coefficient (Wildman–Crippen LogP) is 2.71. The molecule has 1 aromatic carbocycles. The van der Waals surface area contributed by atoms with Crippen molar-refractivity contribution in [2.45, 2.75) is 6.92 Å². The van der Waals surface area contributed by atoms with Crippen LogP contribution < -0.4 is 10.6 Å². The van der Waals surface area contributed by atoms with Crippen molar-refractivity contribution < 1.29 is 9.59 Å². The largest absolute Gasteiger partial charge is 0.355 e. The molecule has 1 heterocycles. The van der Waals surface area contributed by atoms with Crippen molar-refractivity contribution in [3.63, 3.8) is 0 Å². The zero-order chi connectivity index (χ0) is 15.6. The lowest BCUT2D eigenvalue weighted by atomic mass is 10.1. The summed E-state index contributed by atoms with van der Waals surface area (Å²) in [5.74, 6) is -0.398. The van der Waals surface area contributed by atoms with Crippen LogP contribution in [0.1, 0.15) is 26.4 Å². The van der Waals surface area contributed by atoms with Gasteiger partial charge in [0.25, 0.3) is 11.8 Å². The summed E-state index contributed by atoms with van der Waals surface area (Å²) in [6.07, 6.45) is 1.81. The van der Waals surface area contributed by atoms with Gasteiger partial charge < -0.3 is 15.2 Å². The Bertz CT molecular complexity index is 707. The van der Waals surface area contributed by atoms with Crippen LogP contribution in [0.25, 0.3) is 0 Å². The van der Waals surface area contributed by atoms with E-state index in [0.29, 0.717) is 16.9 Å². The van der Waals surface area contributed by atoms with Gasteiger partial charge in [-0.15, -0.1) is 0 Å². The number of anilines is 1. The SMILES string of the molecule is CNC(=O)c1cccc(NC(=O)c2cc(Br)cn2C)c1C. The quantitative estimate of drug-likeness (QED) is 0.894. The van der Waals surface area contributed by atoms with Crippen LogP contribution in [0.4, 0.5) is 5.69 Å². The monoisotopic (exact) mass is 349 g/mol. The lowest BCUT2D eigenvalue weighted by Gasteiger charge is -2.12. The molecule has 110 valence electrons. The van der Waals surface area contributed by atoms with Crippen LogP contribution in [0.15, 0.2) is 34.9 Å². The Morgan fingerprint density at radius 1 is 1.24 bits per heavy atom. The Labute approximate surface area is 131 Å². The molecule has 2 amide bonds. The molecule has 6 heteroatoms. The number of hydrogen-bond acceptors (Lipinski definition) is 2. The van der Waals surface area contributed by atoms with Crippen LogP contribution >= 0.6 is 15.9 Å². The Morgan fingerprint density at radius 2 is 1.95 bits per heavy atom. The molecule has 2 aromatic rings. The minimum Gasteiger partial charge on any atom is -0.355 e. The number of amides is 2. The highest BCUT2D eigenvalue weighted by atomic mass is 79.9. The molecule has 2 N–H and O–H groups in total. The number of aromatic nitrogens is 1. The zero-order valence-electron chi connectivity index (χ0n) is 12.0. The second-order valence-corrected chi connectivity index (χ2v) is 5.58. The molecule has 0 aliphatic carbocycles. The fourth-order valence-electron chi connectivity index (χ4n) is 2.09. The third-order valence-electron chi connectivity index (χ3n) is 3.26. The lowest BCUT2D eigenvalue weighted by molar-refractivity contribution is 0.0960. The van der Waals surface area contributed by atoms with E-state index in [2.05, 4.69) is 26.6 Å². The maximum atomic E-state index is 12.3. The van der Waals surface area contributed by atoms with E-state index in [0.717, 1.165) is 10.0 Å². The van der Waals surface area contributed by atoms with Crippen LogP contribution in [0, 0.1) is 6.92 Å². The highest BCUT2D eigenvalue weighted by Gasteiger charge is 2.15. The van der Waals surface area contributed by atoms with Gasteiger partial charge >= 0.3 is 0 Å². The van der Waals surface area contributed by atoms with Gasteiger partial charge in [-0.25, -0.2) is 0 Å². The first-order chi connectivity index (χ1) is 9.93. The third-order valence-corrected chi connectivity index (χ3v) is 3.69. The summed E-state index contributed by atoms with van der Waals surface area (Å²) >= 11 is 3.34. The second kappa shape index (κ2) is 6.13. The number of carbonyl (C=O) groups is 2. The number of hydrogen-bond donors (Lipinski definition) is 2. The van der Waals surface area contributed by atoms with Gasteiger partial charge in [-0.05, 0) is 46.6 Å². The molecular formula is C15H16BrN3O2. The van der Waals surface area contributed by atoms with Crippen LogP contribution in [0.3, 0.4) is 0 Å². The minimum absolute atomic E-state index is 0.176. The van der Waals surface area contributed by atoms with E-state index in [1.807, 2.05) is 6.20 Å². The zero-order valence-corrected chi connectivity index (χ0v) is 13.6. The molecule has 0 fully saturated rings. The van der Waals surface area contributed by atoms with E-state index in [4.69, 9.17) is 0 Å². The average Bonchev–Trinajstić information content (AvgIpc) is 2.79. The van der Waals surface area contributed by atoms with E-state index in [1.165, 1.54) is 0 Å². The summed E-state index contributed by atoms with van der Waals surface area (Å²) in [7, 11) is 3.38. The molecule has 0 radical (unpaired) electrons. The van der Waals surface area contributed by atoms with E-state index < -0.39 is 0 Å². The van der Waals surface area contributed by atoms with Crippen molar-refractivity contribution in [3.05, 3.63) is 51.8 Å². The standard InChI is InChI=1S/C15H16BrN3O2/c1-9-11(14(20)17-2)5-4-6-12(9)18-15(21)13-7-10(16)8-19(13)3/h4-8H,1-3H3,(H,17,20)(H,18,21). The molecule has 1 aromatic heterocycles. The topological polar surface area (TPSA) is 63.1 Å². The molecule has 0 aliphatic heterocycles. The molecule has 0 aliphatic rings. The van der Waals surface area contributed by atoms with Crippen molar-refractivity contribution in [2.24, 2.45) is 7.05 Å². The first kappa shape index (κ1) is 15.3. The molecule has 0 bridgehead atoms. The van der Waals surface area contributed by atoms with Crippen molar-refractivity contribution in [3.8, 4) is 0 Å². The number of carbonyl (C=O) groups excluding carboxylic acids is 2. The van der Waals surface area contributed by atoms with Gasteiger partial charge in [0.2, 0.25) is 0 Å². The summed E-state index contributed by atoms with van der Waals surface area (Å²) in [5.41, 5.74) is 2.44. The van der Waals surface area contributed by atoms with Crippen molar-refractivity contribution in [1.29, 1.82) is 0 Å². The van der Waals surface area contributed by atoms with Gasteiger partial charge in [0, 0.05) is 36.0 Å². The van der Waals surface area contributed by atoms with Gasteiger partial charge in [-0.3, -0.25) is 9.59 Å².